The first kappa shape index (κ1) is 19.3. The second-order valence-electron chi connectivity index (χ2n) is 7.48. The van der Waals surface area contributed by atoms with Crippen LogP contribution in [0, 0.1) is 0 Å². The number of benzene rings is 1. The van der Waals surface area contributed by atoms with Gasteiger partial charge >= 0.3 is 0 Å². The zero-order valence-electron chi connectivity index (χ0n) is 16.4. The minimum Gasteiger partial charge on any atom is -0.611 e. The second-order valence-corrected chi connectivity index (χ2v) is 10.4. The molecule has 8 heteroatoms. The molecule has 1 fully saturated rings. The van der Waals surface area contributed by atoms with Gasteiger partial charge in [-0.15, -0.1) is 0 Å². The molecule has 0 spiro atoms. The van der Waals surface area contributed by atoms with Crippen LogP contribution in [0.2, 0.25) is 0 Å². The van der Waals surface area contributed by atoms with Gasteiger partial charge in [-0.3, -0.25) is 4.79 Å². The molecule has 5 rings (SSSR count). The third-order valence-corrected chi connectivity index (χ3v) is 8.83. The fourth-order valence-electron chi connectivity index (χ4n) is 3.56. The first-order chi connectivity index (χ1) is 14.5. The number of pyridine rings is 1. The van der Waals surface area contributed by atoms with Crippen molar-refractivity contribution in [2.75, 3.05) is 5.73 Å². The van der Waals surface area contributed by atoms with Crippen LogP contribution in [-0.2, 0) is 18.2 Å². The Morgan fingerprint density at radius 3 is 2.63 bits per heavy atom. The van der Waals surface area contributed by atoms with Crippen LogP contribution < -0.4 is 11.3 Å². The summed E-state index contributed by atoms with van der Waals surface area (Å²) >= 11 is 0.264. The number of nitrogens with zero attached hydrogens (tertiary/aromatic N) is 3. The molecular formula is C22H20N4O2S2. The Balaban J connectivity index is 1.75. The maximum atomic E-state index is 13.1. The highest BCUT2D eigenvalue weighted by Crippen LogP contribution is 2.45. The minimum atomic E-state index is -1.12. The normalized spacial score (nSPS) is 15.3. The second kappa shape index (κ2) is 7.54. The van der Waals surface area contributed by atoms with Crippen LogP contribution in [0.4, 0.5) is 5.69 Å². The van der Waals surface area contributed by atoms with Crippen molar-refractivity contribution < 1.29 is 4.55 Å². The van der Waals surface area contributed by atoms with E-state index in [0.717, 1.165) is 35.8 Å². The van der Waals surface area contributed by atoms with Gasteiger partial charge in [0.15, 0.2) is 0 Å². The third kappa shape index (κ3) is 3.21. The summed E-state index contributed by atoms with van der Waals surface area (Å²) in [5.41, 5.74) is 9.93. The van der Waals surface area contributed by atoms with Crippen LogP contribution >= 0.6 is 11.3 Å². The van der Waals surface area contributed by atoms with Gasteiger partial charge in [-0.2, -0.15) is 0 Å². The van der Waals surface area contributed by atoms with Crippen LogP contribution in [0.25, 0.3) is 32.7 Å². The molecular weight excluding hydrogens is 416 g/mol. The van der Waals surface area contributed by atoms with Crippen LogP contribution in [0.3, 0.4) is 0 Å². The van der Waals surface area contributed by atoms with Gasteiger partial charge in [0, 0.05) is 29.7 Å². The van der Waals surface area contributed by atoms with Crippen LogP contribution in [-0.4, -0.2) is 24.3 Å². The third-order valence-electron chi connectivity index (χ3n) is 5.53. The molecule has 1 unspecified atom stereocenters. The van der Waals surface area contributed by atoms with Crippen molar-refractivity contribution in [2.24, 2.45) is 7.05 Å². The number of aryl methyl sites for hydroxylation is 1. The van der Waals surface area contributed by atoms with E-state index < -0.39 is 11.2 Å². The molecule has 6 nitrogen and oxygen atoms in total. The molecule has 0 saturated heterocycles. The lowest BCUT2D eigenvalue weighted by molar-refractivity contribution is 0.478. The predicted molar refractivity (Wildman–Crippen MR) is 122 cm³/mol. The Bertz CT molecular complexity index is 1300. The molecule has 1 aromatic carbocycles. The summed E-state index contributed by atoms with van der Waals surface area (Å²) < 4.78 is 15.2. The van der Waals surface area contributed by atoms with Crippen LogP contribution in [0.5, 0.6) is 0 Å². The topological polar surface area (TPSA) is 96.9 Å². The van der Waals surface area contributed by atoms with E-state index in [0.29, 0.717) is 26.1 Å². The Hall–Kier alpha value is -2.68. The Morgan fingerprint density at radius 1 is 1.20 bits per heavy atom. The monoisotopic (exact) mass is 436 g/mol. The number of thiophene rings is 1. The number of hydrogen-bond acceptors (Lipinski definition) is 6. The molecule has 3 heterocycles. The highest BCUT2D eigenvalue weighted by atomic mass is 32.2. The summed E-state index contributed by atoms with van der Waals surface area (Å²) in [5, 5.41) is 1.00. The van der Waals surface area contributed by atoms with Gasteiger partial charge in [0.2, 0.25) is 4.21 Å². The molecule has 1 saturated carbocycles. The SMILES string of the molecule is Cn1cnc(-c2cc(-c3ccccc3)c3c(N)c([S+]([O-])C4CCC4)sc3n2)cc1=O. The highest BCUT2D eigenvalue weighted by Gasteiger charge is 2.35. The summed E-state index contributed by atoms with van der Waals surface area (Å²) in [6.45, 7) is 0. The Morgan fingerprint density at radius 2 is 1.97 bits per heavy atom. The first-order valence-corrected chi connectivity index (χ1v) is 11.8. The number of rotatable bonds is 4. The lowest BCUT2D eigenvalue weighted by Crippen LogP contribution is -2.28. The smallest absolute Gasteiger partial charge is 0.253 e. The largest absolute Gasteiger partial charge is 0.611 e. The van der Waals surface area contributed by atoms with Gasteiger partial charge < -0.3 is 14.9 Å². The van der Waals surface area contributed by atoms with Crippen molar-refractivity contribution in [3.8, 4) is 22.5 Å². The number of nitrogen functional groups attached to an aromatic ring is 1. The standard InChI is InChI=1S/C22H20N4O2S2/c1-26-12-24-16(11-18(26)27)17-10-15(13-6-3-2-4-7-13)19-20(23)22(29-21(19)25-17)30(28)14-8-5-9-14/h2-4,6-7,10-12,14H,5,8-9,23H2,1H3. The van der Waals surface area contributed by atoms with E-state index >= 15 is 0 Å². The molecule has 0 bridgehead atoms. The number of aromatic nitrogens is 3. The molecule has 0 aliphatic heterocycles. The fraction of sp³-hybridized carbons (Fsp3) is 0.227. The summed E-state index contributed by atoms with van der Waals surface area (Å²) in [7, 11) is 1.66. The molecule has 30 heavy (non-hydrogen) atoms. The van der Waals surface area contributed by atoms with Gasteiger partial charge in [-0.05, 0) is 36.5 Å². The first-order valence-electron chi connectivity index (χ1n) is 9.75. The number of nitrogens with two attached hydrogens (primary N) is 1. The highest BCUT2D eigenvalue weighted by molar-refractivity contribution is 7.94. The van der Waals surface area contributed by atoms with E-state index in [1.807, 2.05) is 36.4 Å². The molecule has 0 radical (unpaired) electrons. The number of fused-ring (bicyclic) bond motifs is 1. The van der Waals surface area contributed by atoms with E-state index in [9.17, 15) is 9.35 Å². The molecule has 4 aromatic rings. The summed E-state index contributed by atoms with van der Waals surface area (Å²) in [5.74, 6) is 0. The van der Waals surface area contributed by atoms with Gasteiger partial charge in [0.1, 0.15) is 15.8 Å². The summed E-state index contributed by atoms with van der Waals surface area (Å²) in [4.78, 5) is 22.0. The Kier molecular flexibility index (Phi) is 4.85. The molecule has 1 aliphatic carbocycles. The number of hydrogen-bond donors (Lipinski definition) is 1. The van der Waals surface area contributed by atoms with Crippen molar-refractivity contribution in [3.05, 3.63) is 59.1 Å². The average Bonchev–Trinajstić information content (AvgIpc) is 3.05. The molecule has 1 aliphatic rings. The number of anilines is 1. The van der Waals surface area contributed by atoms with Crippen molar-refractivity contribution in [3.63, 3.8) is 0 Å². The molecule has 1 atom stereocenters. The van der Waals surface area contributed by atoms with Crippen molar-refractivity contribution in [2.45, 2.75) is 28.7 Å². The van der Waals surface area contributed by atoms with E-state index in [1.54, 1.807) is 7.05 Å². The lowest BCUT2D eigenvalue weighted by atomic mass is 10.00. The van der Waals surface area contributed by atoms with Gasteiger partial charge in [-0.1, -0.05) is 41.7 Å². The van der Waals surface area contributed by atoms with Gasteiger partial charge in [-0.25, -0.2) is 9.97 Å². The van der Waals surface area contributed by atoms with Crippen molar-refractivity contribution in [1.82, 2.24) is 14.5 Å². The predicted octanol–water partition coefficient (Wildman–Crippen LogP) is 3.97. The van der Waals surface area contributed by atoms with Crippen LogP contribution in [0.1, 0.15) is 19.3 Å². The average molecular weight is 437 g/mol. The van der Waals surface area contributed by atoms with Gasteiger partial charge in [0.05, 0.1) is 17.7 Å². The lowest BCUT2D eigenvalue weighted by Gasteiger charge is -2.27. The van der Waals surface area contributed by atoms with E-state index in [1.165, 1.54) is 28.3 Å². The maximum absolute atomic E-state index is 13.1. The van der Waals surface area contributed by atoms with Gasteiger partial charge in [0.25, 0.3) is 5.56 Å². The summed E-state index contributed by atoms with van der Waals surface area (Å²) in [6.07, 6.45) is 4.56. The van der Waals surface area contributed by atoms with Crippen molar-refractivity contribution in [1.29, 1.82) is 0 Å². The quantitative estimate of drug-likeness (QED) is 0.488. The zero-order chi connectivity index (χ0) is 20.8. The zero-order valence-corrected chi connectivity index (χ0v) is 18.0. The van der Waals surface area contributed by atoms with Crippen molar-refractivity contribution >= 4 is 38.4 Å². The molecule has 152 valence electrons. The van der Waals surface area contributed by atoms with E-state index in [2.05, 4.69) is 4.98 Å². The maximum Gasteiger partial charge on any atom is 0.253 e. The summed E-state index contributed by atoms with van der Waals surface area (Å²) in [6, 6.07) is 13.3. The minimum absolute atomic E-state index is 0.152. The molecule has 0 amide bonds. The fourth-order valence-corrected chi connectivity index (χ4v) is 6.77. The van der Waals surface area contributed by atoms with E-state index in [4.69, 9.17) is 10.7 Å². The molecule has 2 N–H and O–H groups in total. The molecule has 3 aromatic heterocycles. The Labute approximate surface area is 180 Å². The van der Waals surface area contributed by atoms with E-state index in [-0.39, 0.29) is 10.8 Å². The van der Waals surface area contributed by atoms with Crippen LogP contribution in [0.15, 0.2) is 57.8 Å².